The first-order valence-corrected chi connectivity index (χ1v) is 17.2. The first-order chi connectivity index (χ1) is 24.2. The van der Waals surface area contributed by atoms with E-state index in [1.54, 1.807) is 0 Å². The number of anilines is 1. The molecule has 16 heteroatoms. The molecular formula is C36H47ClF6N4O5. The minimum atomic E-state index is -5.08. The largest absolute Gasteiger partial charge is 0.490 e. The second-order valence-corrected chi connectivity index (χ2v) is 13.4. The smallest absolute Gasteiger partial charge is 0.475 e. The van der Waals surface area contributed by atoms with Crippen LogP contribution in [0.1, 0.15) is 63.5 Å². The normalized spacial score (nSPS) is 15.7. The van der Waals surface area contributed by atoms with Gasteiger partial charge in [-0.2, -0.15) is 26.3 Å². The van der Waals surface area contributed by atoms with Crippen molar-refractivity contribution in [2.45, 2.75) is 77.2 Å². The Morgan fingerprint density at radius 1 is 0.942 bits per heavy atom. The van der Waals surface area contributed by atoms with Gasteiger partial charge in [0.2, 0.25) is 5.91 Å². The number of benzene rings is 2. The molecule has 3 aromatic rings. The number of carbonyl (C=O) groups excluding carboxylic acids is 1. The average molecular weight is 765 g/mol. The zero-order valence-corrected chi connectivity index (χ0v) is 30.6. The van der Waals surface area contributed by atoms with Crippen LogP contribution >= 0.6 is 11.6 Å². The molecule has 2 unspecified atom stereocenters. The predicted octanol–water partition coefficient (Wildman–Crippen LogP) is 8.23. The maximum absolute atomic E-state index is 14.8. The summed E-state index contributed by atoms with van der Waals surface area (Å²) >= 11 is 6.43. The van der Waals surface area contributed by atoms with Gasteiger partial charge < -0.3 is 25.0 Å². The SMILES string of the molecule is CCCCN(CCCC)C(C(=O)N1C[C@@H](CN(C)C)Cc2cc(Cl)ccc21)C(C)c1c[nH]c2ccccc12.O=C(O)C(F)(F)F.O=C(O)C(F)(F)F. The van der Waals surface area contributed by atoms with Gasteiger partial charge in [0.25, 0.3) is 0 Å². The van der Waals surface area contributed by atoms with Crippen molar-refractivity contribution >= 4 is 46.0 Å². The number of aromatic nitrogens is 1. The van der Waals surface area contributed by atoms with Gasteiger partial charge in [0.15, 0.2) is 0 Å². The van der Waals surface area contributed by atoms with Crippen LogP contribution in [0.5, 0.6) is 0 Å². The summed E-state index contributed by atoms with van der Waals surface area (Å²) < 4.78 is 63.5. The Morgan fingerprint density at radius 3 is 1.98 bits per heavy atom. The molecule has 290 valence electrons. The molecule has 1 aliphatic rings. The van der Waals surface area contributed by atoms with Gasteiger partial charge in [0.1, 0.15) is 0 Å². The molecule has 0 radical (unpaired) electrons. The minimum Gasteiger partial charge on any atom is -0.475 e. The van der Waals surface area contributed by atoms with E-state index in [9.17, 15) is 31.1 Å². The number of carboxylic acids is 2. The summed E-state index contributed by atoms with van der Waals surface area (Å²) in [5, 5.41) is 16.2. The number of para-hydroxylation sites is 1. The van der Waals surface area contributed by atoms with E-state index in [-0.39, 0.29) is 17.9 Å². The van der Waals surface area contributed by atoms with Crippen LogP contribution in [0.25, 0.3) is 10.9 Å². The lowest BCUT2D eigenvalue weighted by Gasteiger charge is -2.42. The molecule has 3 atom stereocenters. The Balaban J connectivity index is 0.000000564. The fraction of sp³-hybridized carbons (Fsp3) is 0.528. The van der Waals surface area contributed by atoms with Gasteiger partial charge >= 0.3 is 24.3 Å². The van der Waals surface area contributed by atoms with E-state index in [0.717, 1.165) is 74.5 Å². The third-order valence-electron chi connectivity index (χ3n) is 8.49. The molecule has 4 rings (SSSR count). The topological polar surface area (TPSA) is 117 Å². The highest BCUT2D eigenvalue weighted by atomic mass is 35.5. The van der Waals surface area contributed by atoms with Crippen molar-refractivity contribution in [2.24, 2.45) is 5.92 Å². The summed E-state index contributed by atoms with van der Waals surface area (Å²) in [6, 6.07) is 14.2. The quantitative estimate of drug-likeness (QED) is 0.159. The van der Waals surface area contributed by atoms with Crippen LogP contribution in [0.15, 0.2) is 48.7 Å². The first kappa shape index (κ1) is 44.3. The number of hydrogen-bond donors (Lipinski definition) is 3. The second-order valence-electron chi connectivity index (χ2n) is 12.9. The summed E-state index contributed by atoms with van der Waals surface area (Å²) in [4.78, 5) is 42.9. The third kappa shape index (κ3) is 13.0. The summed E-state index contributed by atoms with van der Waals surface area (Å²) in [7, 11) is 4.22. The third-order valence-corrected chi connectivity index (χ3v) is 8.72. The Bertz CT molecular complexity index is 1580. The van der Waals surface area contributed by atoms with Crippen LogP contribution in [-0.4, -0.2) is 102 Å². The number of fused-ring (bicyclic) bond motifs is 2. The van der Waals surface area contributed by atoms with Crippen molar-refractivity contribution in [1.82, 2.24) is 14.8 Å². The van der Waals surface area contributed by atoms with Gasteiger partial charge in [-0.05, 0) is 87.8 Å². The average Bonchev–Trinajstić information content (AvgIpc) is 3.49. The molecule has 0 saturated heterocycles. The van der Waals surface area contributed by atoms with Gasteiger partial charge in [-0.3, -0.25) is 9.69 Å². The molecule has 2 aromatic carbocycles. The lowest BCUT2D eigenvalue weighted by Crippen LogP contribution is -2.54. The molecule has 1 aliphatic heterocycles. The maximum Gasteiger partial charge on any atom is 0.490 e. The Hall–Kier alpha value is -3.82. The van der Waals surface area contributed by atoms with Crippen molar-refractivity contribution in [2.75, 3.05) is 45.2 Å². The first-order valence-electron chi connectivity index (χ1n) is 16.9. The number of H-pyrrole nitrogens is 1. The highest BCUT2D eigenvalue weighted by Gasteiger charge is 2.40. The number of hydrogen-bond acceptors (Lipinski definition) is 5. The highest BCUT2D eigenvalue weighted by Crippen LogP contribution is 2.36. The predicted molar refractivity (Wildman–Crippen MR) is 189 cm³/mol. The monoisotopic (exact) mass is 764 g/mol. The summed E-state index contributed by atoms with van der Waals surface area (Å²) in [5.74, 6) is -4.90. The molecule has 1 amide bonds. The lowest BCUT2D eigenvalue weighted by molar-refractivity contribution is -0.193. The molecular weight excluding hydrogens is 718 g/mol. The van der Waals surface area contributed by atoms with Gasteiger partial charge in [0, 0.05) is 46.8 Å². The van der Waals surface area contributed by atoms with Crippen molar-refractivity contribution in [3.05, 3.63) is 64.8 Å². The number of nitrogens with one attached hydrogen (secondary N) is 1. The molecule has 1 aromatic heterocycles. The van der Waals surface area contributed by atoms with Crippen molar-refractivity contribution < 1.29 is 50.9 Å². The number of carbonyl (C=O) groups is 3. The molecule has 0 saturated carbocycles. The van der Waals surface area contributed by atoms with Gasteiger partial charge in [-0.15, -0.1) is 0 Å². The number of unbranched alkanes of at least 4 members (excludes halogenated alkanes) is 2. The van der Waals surface area contributed by atoms with E-state index in [1.165, 1.54) is 16.5 Å². The van der Waals surface area contributed by atoms with Crippen LogP contribution < -0.4 is 4.90 Å². The highest BCUT2D eigenvalue weighted by molar-refractivity contribution is 6.30. The lowest BCUT2D eigenvalue weighted by atomic mass is 9.87. The molecule has 3 N–H and O–H groups in total. The fourth-order valence-electron chi connectivity index (χ4n) is 6.16. The molecule has 9 nitrogen and oxygen atoms in total. The van der Waals surface area contributed by atoms with E-state index < -0.39 is 24.3 Å². The Morgan fingerprint density at radius 2 is 1.48 bits per heavy atom. The summed E-state index contributed by atoms with van der Waals surface area (Å²) in [6.07, 6.45) is -2.71. The second kappa shape index (κ2) is 19.9. The number of aliphatic carboxylic acids is 2. The van der Waals surface area contributed by atoms with Gasteiger partial charge in [-0.1, -0.05) is 63.4 Å². The van der Waals surface area contributed by atoms with Crippen molar-refractivity contribution in [3.63, 3.8) is 0 Å². The fourth-order valence-corrected chi connectivity index (χ4v) is 6.35. The van der Waals surface area contributed by atoms with Crippen molar-refractivity contribution in [3.8, 4) is 0 Å². The standard InChI is InChI=1S/C32H45ClN4O.2C2HF3O2/c1-6-8-16-36(17-9-7-2)31(23(3)28-20-34-29-13-11-10-12-27(28)29)32(38)37-22-24(21-35(4)5)18-25-19-26(33)14-15-30(25)37;2*3-2(4,5)1(6)7/h10-15,19-20,23-24,31,34H,6-9,16-18,21-22H2,1-5H3;2*(H,6,7)/t23?,24-,31?;;/m1../s1. The van der Waals surface area contributed by atoms with Crippen LogP contribution in [0.4, 0.5) is 32.0 Å². The molecule has 52 heavy (non-hydrogen) atoms. The van der Waals surface area contributed by atoms with E-state index in [1.807, 2.05) is 6.07 Å². The maximum atomic E-state index is 14.8. The molecule has 0 aliphatic carbocycles. The van der Waals surface area contributed by atoms with E-state index >= 15 is 0 Å². The van der Waals surface area contributed by atoms with Crippen LogP contribution in [0, 0.1) is 5.92 Å². The minimum absolute atomic E-state index is 0.0392. The summed E-state index contributed by atoms with van der Waals surface area (Å²) in [6.45, 7) is 10.2. The molecule has 0 spiro atoms. The molecule has 0 bridgehead atoms. The molecule has 0 fully saturated rings. The van der Waals surface area contributed by atoms with Crippen LogP contribution in [-0.2, 0) is 20.8 Å². The Kier molecular flexibility index (Phi) is 16.9. The van der Waals surface area contributed by atoms with Crippen LogP contribution in [0.3, 0.4) is 0 Å². The zero-order valence-electron chi connectivity index (χ0n) is 29.8. The van der Waals surface area contributed by atoms with Crippen LogP contribution in [0.2, 0.25) is 5.02 Å². The number of rotatable bonds is 12. The summed E-state index contributed by atoms with van der Waals surface area (Å²) in [5.41, 5.74) is 4.54. The number of amides is 1. The number of alkyl halides is 6. The number of aromatic amines is 1. The zero-order chi connectivity index (χ0) is 39.4. The number of carboxylic acid groups (broad SMARTS) is 2. The number of nitrogens with zero attached hydrogens (tertiary/aromatic N) is 3. The van der Waals surface area contributed by atoms with Gasteiger partial charge in [0.05, 0.1) is 6.04 Å². The van der Waals surface area contributed by atoms with Crippen molar-refractivity contribution in [1.29, 1.82) is 0 Å². The van der Waals surface area contributed by atoms with E-state index in [4.69, 9.17) is 31.4 Å². The van der Waals surface area contributed by atoms with Gasteiger partial charge in [-0.25, -0.2) is 9.59 Å². The number of halogens is 7. The Labute approximate surface area is 304 Å². The van der Waals surface area contributed by atoms with E-state index in [0.29, 0.717) is 5.92 Å². The van der Waals surface area contributed by atoms with E-state index in [2.05, 4.69) is 97.1 Å². The molecule has 2 heterocycles.